The molecule has 48 heavy (non-hydrogen) atoms. The zero-order valence-electron chi connectivity index (χ0n) is 28.9. The van der Waals surface area contributed by atoms with Crippen molar-refractivity contribution in [3.05, 3.63) is 130 Å². The van der Waals surface area contributed by atoms with Gasteiger partial charge in [0.2, 0.25) is 0 Å². The van der Waals surface area contributed by atoms with Crippen molar-refractivity contribution in [2.75, 3.05) is 4.90 Å². The van der Waals surface area contributed by atoms with E-state index in [0.29, 0.717) is 6.04 Å². The third kappa shape index (κ3) is 6.10. The van der Waals surface area contributed by atoms with Crippen LogP contribution in [0.3, 0.4) is 0 Å². The predicted octanol–water partition coefficient (Wildman–Crippen LogP) is 10.8. The predicted molar refractivity (Wildman–Crippen MR) is 194 cm³/mol. The molecule has 4 aromatic carbocycles. The van der Waals surface area contributed by atoms with E-state index in [0.717, 1.165) is 56.4 Å². The Balaban J connectivity index is 1.24. The van der Waals surface area contributed by atoms with Crippen LogP contribution in [0.2, 0.25) is 0 Å². The molecule has 7 rings (SSSR count). The summed E-state index contributed by atoms with van der Waals surface area (Å²) >= 11 is 2.45. The van der Waals surface area contributed by atoms with Crippen LogP contribution in [0, 0.1) is 3.80 Å². The fourth-order valence-electron chi connectivity index (χ4n) is 6.67. The van der Waals surface area contributed by atoms with E-state index in [1.54, 1.807) is 0 Å². The Labute approximate surface area is 295 Å². The smallest absolute Gasteiger partial charge is 0.0561 e. The molecule has 0 amide bonds. The summed E-state index contributed by atoms with van der Waals surface area (Å²) in [6.07, 6.45) is 4.07. The first-order chi connectivity index (χ1) is 22.9. The minimum absolute atomic E-state index is 0.0502. The van der Waals surface area contributed by atoms with Crippen LogP contribution in [0.4, 0.5) is 11.5 Å². The SMILES string of the molecule is CC1CCc2ccc(Oc3cccc(-n4[c](=[Pt])n(-c5ccc(C(C)(C)C)cc5)c5ccccc54)c3)cc2N1c1cc(C(C)(C)C)ccn1. The molecule has 2 aromatic heterocycles. The number of anilines is 2. The second-order valence-corrected chi connectivity index (χ2v) is 16.0. The first-order valence-corrected chi connectivity index (χ1v) is 18.0. The van der Waals surface area contributed by atoms with Crippen molar-refractivity contribution in [3.63, 3.8) is 0 Å². The fourth-order valence-corrected chi connectivity index (χ4v) is 7.81. The van der Waals surface area contributed by atoms with E-state index in [4.69, 9.17) is 9.72 Å². The second kappa shape index (κ2) is 12.3. The average molecular weight is 816 g/mol. The number of nitrogens with zero attached hydrogens (tertiary/aromatic N) is 4. The first-order valence-electron chi connectivity index (χ1n) is 16.8. The maximum atomic E-state index is 6.62. The number of rotatable bonds is 5. The number of fused-ring (bicyclic) bond motifs is 2. The Morgan fingerprint density at radius 1 is 0.688 bits per heavy atom. The molecule has 1 aliphatic rings. The van der Waals surface area contributed by atoms with E-state index in [1.807, 2.05) is 12.3 Å². The van der Waals surface area contributed by atoms with Gasteiger partial charge in [0.1, 0.15) is 0 Å². The van der Waals surface area contributed by atoms with Crippen molar-refractivity contribution in [3.8, 4) is 22.9 Å². The van der Waals surface area contributed by atoms with Gasteiger partial charge in [-0.2, -0.15) is 0 Å². The Kier molecular flexibility index (Phi) is 8.32. The van der Waals surface area contributed by atoms with Crippen molar-refractivity contribution in [2.24, 2.45) is 0 Å². The second-order valence-electron chi connectivity index (χ2n) is 15.0. The van der Waals surface area contributed by atoms with Gasteiger partial charge in [0, 0.05) is 6.20 Å². The molecule has 5 nitrogen and oxygen atoms in total. The minimum Gasteiger partial charge on any atom is -0.0561 e. The maximum absolute atomic E-state index is 6.62. The van der Waals surface area contributed by atoms with Gasteiger partial charge in [0.25, 0.3) is 0 Å². The Bertz CT molecular complexity index is 2180. The number of ether oxygens (including phenoxy) is 1. The molecule has 0 saturated heterocycles. The summed E-state index contributed by atoms with van der Waals surface area (Å²) < 4.78 is 12.4. The zero-order chi connectivity index (χ0) is 33.8. The molecule has 248 valence electrons. The molecule has 3 heterocycles. The topological polar surface area (TPSA) is 35.2 Å². The summed E-state index contributed by atoms with van der Waals surface area (Å²) in [5.74, 6) is 2.61. The van der Waals surface area contributed by atoms with Gasteiger partial charge in [-0.05, 0) is 17.0 Å². The molecule has 6 aromatic rings. The summed E-state index contributed by atoms with van der Waals surface area (Å²) in [4.78, 5) is 7.22. The van der Waals surface area contributed by atoms with Gasteiger partial charge in [-0.25, -0.2) is 0 Å². The summed E-state index contributed by atoms with van der Waals surface area (Å²) in [5.41, 5.74) is 9.75. The van der Waals surface area contributed by atoms with Gasteiger partial charge in [0.15, 0.2) is 0 Å². The molecule has 0 bridgehead atoms. The number of aromatic nitrogens is 3. The van der Waals surface area contributed by atoms with Gasteiger partial charge < -0.3 is 0 Å². The summed E-state index contributed by atoms with van der Waals surface area (Å²) in [7, 11) is 0. The molecular weight excluding hydrogens is 772 g/mol. The number of para-hydroxylation sites is 2. The monoisotopic (exact) mass is 815 g/mol. The normalized spacial score (nSPS) is 15.1. The van der Waals surface area contributed by atoms with Crippen LogP contribution >= 0.6 is 0 Å². The molecule has 0 N–H and O–H groups in total. The Morgan fingerprint density at radius 2 is 1.35 bits per heavy atom. The van der Waals surface area contributed by atoms with E-state index in [2.05, 4.69) is 179 Å². The van der Waals surface area contributed by atoms with Crippen LogP contribution in [0.15, 0.2) is 109 Å². The van der Waals surface area contributed by atoms with Gasteiger partial charge in [-0.15, -0.1) is 0 Å². The standard InChI is InChI=1S/C42H44N4O.Pt/c1-29-15-16-30-17-22-36(27-39(30)46(29)40-25-32(23-24-43-40)42(5,6)7)47-35-12-10-11-34(26-35)45-28-44(37-13-8-9-14-38(37)45)33-20-18-31(19-21-33)41(2,3)4;/h8-14,17-27,29H,15-16H2,1-7H3;. The molecule has 0 fully saturated rings. The number of hydrogen-bond donors (Lipinski definition) is 0. The molecule has 0 spiro atoms. The zero-order valence-corrected chi connectivity index (χ0v) is 31.2. The van der Waals surface area contributed by atoms with Crippen LogP contribution in [0.5, 0.6) is 11.5 Å². The Morgan fingerprint density at radius 3 is 2.04 bits per heavy atom. The van der Waals surface area contributed by atoms with E-state index >= 15 is 0 Å². The third-order valence-electron chi connectivity index (χ3n) is 9.45. The minimum atomic E-state index is 0.0502. The molecule has 1 unspecified atom stereocenters. The number of hydrogen-bond acceptors (Lipinski definition) is 3. The van der Waals surface area contributed by atoms with E-state index < -0.39 is 0 Å². The summed E-state index contributed by atoms with van der Waals surface area (Å²) in [6.45, 7) is 15.8. The molecule has 6 heteroatoms. The van der Waals surface area contributed by atoms with Crippen molar-refractivity contribution in [1.82, 2.24) is 14.1 Å². The van der Waals surface area contributed by atoms with Crippen molar-refractivity contribution in [2.45, 2.75) is 78.2 Å². The van der Waals surface area contributed by atoms with E-state index in [-0.39, 0.29) is 10.8 Å². The Hall–Kier alpha value is -4.21. The van der Waals surface area contributed by atoms with Crippen LogP contribution in [0.25, 0.3) is 22.4 Å². The molecular formula is C42H44N4OPt. The van der Waals surface area contributed by atoms with Gasteiger partial charge in [-0.3, -0.25) is 0 Å². The average Bonchev–Trinajstić information content (AvgIpc) is 3.35. The van der Waals surface area contributed by atoms with Crippen LogP contribution in [-0.4, -0.2) is 20.2 Å². The van der Waals surface area contributed by atoms with Crippen LogP contribution < -0.4 is 9.64 Å². The van der Waals surface area contributed by atoms with Crippen molar-refractivity contribution in [1.29, 1.82) is 0 Å². The number of pyridine rings is 1. The van der Waals surface area contributed by atoms with Gasteiger partial charge >= 0.3 is 253 Å². The molecule has 0 aliphatic carbocycles. The molecule has 1 atom stereocenters. The van der Waals surface area contributed by atoms with Crippen LogP contribution in [-0.2, 0) is 36.6 Å². The number of benzene rings is 4. The molecule has 0 radical (unpaired) electrons. The third-order valence-corrected chi connectivity index (χ3v) is 10.5. The van der Waals surface area contributed by atoms with Gasteiger partial charge in [-0.1, -0.05) is 20.8 Å². The first kappa shape index (κ1) is 32.3. The van der Waals surface area contributed by atoms with Gasteiger partial charge in [0.05, 0.1) is 0 Å². The van der Waals surface area contributed by atoms with Crippen molar-refractivity contribution >= 4 is 22.5 Å². The molecule has 0 saturated carbocycles. The summed E-state index contributed by atoms with van der Waals surface area (Å²) in [5, 5.41) is 0. The fraction of sp³-hybridized carbons (Fsp3) is 0.286. The molecule has 1 aliphatic heterocycles. The van der Waals surface area contributed by atoms with Crippen molar-refractivity contribution < 1.29 is 24.1 Å². The van der Waals surface area contributed by atoms with Crippen LogP contribution in [0.1, 0.15) is 71.6 Å². The number of imidazole rings is 1. The van der Waals surface area contributed by atoms with E-state index in [9.17, 15) is 0 Å². The summed E-state index contributed by atoms with van der Waals surface area (Å²) in [6, 6.07) is 37.2. The van der Waals surface area contributed by atoms with E-state index in [1.165, 1.54) is 22.4 Å². The number of aryl methyl sites for hydroxylation is 1. The quantitative estimate of drug-likeness (QED) is 0.174.